The number of amides is 2. The fraction of sp³-hybridized carbons (Fsp3) is 0.824. The fourth-order valence-electron chi connectivity index (χ4n) is 2.24. The van der Waals surface area contributed by atoms with Crippen LogP contribution in [0, 0.1) is 0 Å². The van der Waals surface area contributed by atoms with Gasteiger partial charge in [0.05, 0.1) is 0 Å². The maximum atomic E-state index is 12.5. The third-order valence-corrected chi connectivity index (χ3v) is 3.61. The molecule has 0 aliphatic heterocycles. The first-order valence-electron chi connectivity index (χ1n) is 8.79. The molecular formula is C17H30N2O8. The van der Waals surface area contributed by atoms with E-state index in [2.05, 4.69) is 10.6 Å². The van der Waals surface area contributed by atoms with Gasteiger partial charge in [-0.1, -0.05) is 0 Å². The second-order valence-corrected chi connectivity index (χ2v) is 7.99. The Morgan fingerprint density at radius 2 is 1.63 bits per heavy atom. The van der Waals surface area contributed by atoms with Crippen LogP contribution >= 0.6 is 0 Å². The summed E-state index contributed by atoms with van der Waals surface area (Å²) >= 11 is 0. The van der Waals surface area contributed by atoms with Crippen molar-refractivity contribution in [3.8, 4) is 0 Å². The molecule has 1 fully saturated rings. The molecule has 1 saturated carbocycles. The third kappa shape index (κ3) is 8.55. The van der Waals surface area contributed by atoms with Gasteiger partial charge in [-0.05, 0) is 47.0 Å². The number of carbonyl (C=O) groups excluding carboxylic acids is 3. The summed E-state index contributed by atoms with van der Waals surface area (Å²) in [6.45, 7) is 6.98. The molecule has 0 aromatic carbocycles. The molecule has 0 heterocycles. The first-order valence-corrected chi connectivity index (χ1v) is 8.79. The van der Waals surface area contributed by atoms with Crippen LogP contribution in [0.1, 0.15) is 60.3 Å². The van der Waals surface area contributed by atoms with Gasteiger partial charge in [-0.25, -0.2) is 4.79 Å². The van der Waals surface area contributed by atoms with Crippen LogP contribution in [0.2, 0.25) is 0 Å². The van der Waals surface area contributed by atoms with Gasteiger partial charge in [-0.3, -0.25) is 9.59 Å². The Balaban J connectivity index is 3.08. The number of alkyl carbamates (subject to hydrolysis) is 1. The van der Waals surface area contributed by atoms with Crippen LogP contribution in [-0.4, -0.2) is 62.5 Å². The van der Waals surface area contributed by atoms with Crippen LogP contribution in [0.4, 0.5) is 4.79 Å². The topological polar surface area (TPSA) is 154 Å². The predicted molar refractivity (Wildman–Crippen MR) is 93.1 cm³/mol. The molecule has 1 aliphatic rings. The lowest BCUT2D eigenvalue weighted by molar-refractivity contribution is -0.222. The quantitative estimate of drug-likeness (QED) is 0.284. The van der Waals surface area contributed by atoms with Crippen molar-refractivity contribution in [2.75, 3.05) is 0 Å². The number of esters is 1. The average molecular weight is 390 g/mol. The van der Waals surface area contributed by atoms with Crippen molar-refractivity contribution in [2.24, 2.45) is 0 Å². The molecule has 1 aliphatic carbocycles. The second kappa shape index (κ2) is 8.41. The summed E-state index contributed by atoms with van der Waals surface area (Å²) in [6, 6.07) is -1.63. The zero-order valence-electron chi connectivity index (χ0n) is 16.4. The van der Waals surface area contributed by atoms with E-state index in [4.69, 9.17) is 9.47 Å². The number of ether oxygens (including phenoxy) is 2. The van der Waals surface area contributed by atoms with Gasteiger partial charge < -0.3 is 35.4 Å². The summed E-state index contributed by atoms with van der Waals surface area (Å²) in [4.78, 5) is 36.2. The molecule has 0 aromatic heterocycles. The van der Waals surface area contributed by atoms with Crippen molar-refractivity contribution in [3.63, 3.8) is 0 Å². The van der Waals surface area contributed by atoms with E-state index in [1.54, 1.807) is 20.8 Å². The van der Waals surface area contributed by atoms with Crippen molar-refractivity contribution in [2.45, 2.75) is 89.6 Å². The molecule has 0 aromatic rings. The molecule has 5 N–H and O–H groups in total. The van der Waals surface area contributed by atoms with Gasteiger partial charge in [-0.2, -0.15) is 0 Å². The zero-order valence-corrected chi connectivity index (χ0v) is 16.4. The van der Waals surface area contributed by atoms with Gasteiger partial charge in [-0.15, -0.1) is 0 Å². The predicted octanol–water partition coefficient (Wildman–Crippen LogP) is -0.109. The highest BCUT2D eigenvalue weighted by molar-refractivity contribution is 5.87. The van der Waals surface area contributed by atoms with Crippen molar-refractivity contribution >= 4 is 18.0 Å². The lowest BCUT2D eigenvalue weighted by Gasteiger charge is -2.35. The summed E-state index contributed by atoms with van der Waals surface area (Å²) < 4.78 is 9.97. The maximum Gasteiger partial charge on any atom is 0.408 e. The first-order chi connectivity index (χ1) is 12.1. The lowest BCUT2D eigenvalue weighted by Crippen LogP contribution is -2.63. The molecular weight excluding hydrogens is 360 g/mol. The normalized spacial score (nSPS) is 18.1. The minimum absolute atomic E-state index is 0.150. The SMILES string of the molecule is CC(=O)OC(O)(C(=O)NC1CC1)C(CCC(C)(O)O)NC(=O)OC(C)(C)C. The minimum atomic E-state index is -2.74. The van der Waals surface area contributed by atoms with Crippen LogP contribution < -0.4 is 10.6 Å². The summed E-state index contributed by atoms with van der Waals surface area (Å²) in [5.74, 6) is -6.82. The number of aliphatic hydroxyl groups is 3. The molecule has 0 radical (unpaired) electrons. The molecule has 0 bridgehead atoms. The minimum Gasteiger partial charge on any atom is -0.444 e. The number of nitrogens with one attached hydrogen (secondary N) is 2. The smallest absolute Gasteiger partial charge is 0.408 e. The van der Waals surface area contributed by atoms with Crippen molar-refractivity contribution in [1.29, 1.82) is 0 Å². The molecule has 27 heavy (non-hydrogen) atoms. The standard InChI is InChI=1S/C17H30N2O8/c1-10(20)26-17(25,13(21)18-11-6-7-11)12(8-9-16(5,23)24)19-14(22)27-15(2,3)4/h11-12,23-25H,6-9H2,1-5H3,(H,18,21)(H,19,22). The molecule has 10 nitrogen and oxygen atoms in total. The molecule has 2 atom stereocenters. The molecule has 0 spiro atoms. The third-order valence-electron chi connectivity index (χ3n) is 3.61. The van der Waals surface area contributed by atoms with Gasteiger partial charge in [0.15, 0.2) is 5.79 Å². The van der Waals surface area contributed by atoms with Crippen LogP contribution in [0.5, 0.6) is 0 Å². The van der Waals surface area contributed by atoms with Gasteiger partial charge in [0.25, 0.3) is 5.91 Å². The highest BCUT2D eigenvalue weighted by atomic mass is 16.7. The molecule has 2 amide bonds. The van der Waals surface area contributed by atoms with Crippen LogP contribution in [0.25, 0.3) is 0 Å². The van der Waals surface area contributed by atoms with E-state index in [0.717, 1.165) is 26.7 Å². The van der Waals surface area contributed by atoms with Crippen LogP contribution in [0.15, 0.2) is 0 Å². The van der Waals surface area contributed by atoms with Crippen molar-refractivity contribution < 1.29 is 39.2 Å². The molecule has 0 saturated heterocycles. The molecule has 1 rings (SSSR count). The Kier molecular flexibility index (Phi) is 7.20. The Hall–Kier alpha value is -1.91. The fourth-order valence-corrected chi connectivity index (χ4v) is 2.24. The summed E-state index contributed by atoms with van der Waals surface area (Å²) in [7, 11) is 0. The van der Waals surface area contributed by atoms with Gasteiger partial charge in [0, 0.05) is 19.4 Å². The highest BCUT2D eigenvalue weighted by Gasteiger charge is 2.50. The van der Waals surface area contributed by atoms with Crippen molar-refractivity contribution in [1.82, 2.24) is 10.6 Å². The largest absolute Gasteiger partial charge is 0.444 e. The van der Waals surface area contributed by atoms with E-state index in [1.807, 2.05) is 0 Å². The number of hydrogen-bond donors (Lipinski definition) is 5. The van der Waals surface area contributed by atoms with E-state index in [0.29, 0.717) is 0 Å². The second-order valence-electron chi connectivity index (χ2n) is 7.99. The van der Waals surface area contributed by atoms with E-state index in [1.165, 1.54) is 0 Å². The van der Waals surface area contributed by atoms with Crippen LogP contribution in [-0.2, 0) is 19.1 Å². The van der Waals surface area contributed by atoms with Gasteiger partial charge >= 0.3 is 17.8 Å². The van der Waals surface area contributed by atoms with Gasteiger partial charge in [0.1, 0.15) is 11.6 Å². The van der Waals surface area contributed by atoms with E-state index in [9.17, 15) is 29.7 Å². The number of hydrogen-bond acceptors (Lipinski definition) is 8. The van der Waals surface area contributed by atoms with E-state index >= 15 is 0 Å². The zero-order chi connectivity index (χ0) is 21.0. The summed E-state index contributed by atoms with van der Waals surface area (Å²) in [5, 5.41) is 34.8. The van der Waals surface area contributed by atoms with Crippen molar-refractivity contribution in [3.05, 3.63) is 0 Å². The summed E-state index contributed by atoms with van der Waals surface area (Å²) in [5.41, 5.74) is -0.854. The monoisotopic (exact) mass is 390 g/mol. The molecule has 10 heteroatoms. The Labute approximate surface area is 158 Å². The Bertz CT molecular complexity index is 562. The first kappa shape index (κ1) is 23.1. The lowest BCUT2D eigenvalue weighted by atomic mass is 9.97. The maximum absolute atomic E-state index is 12.5. The number of rotatable bonds is 8. The molecule has 2 unspecified atom stereocenters. The highest BCUT2D eigenvalue weighted by Crippen LogP contribution is 2.25. The summed E-state index contributed by atoms with van der Waals surface area (Å²) in [6.07, 6.45) is -0.137. The Morgan fingerprint density at radius 3 is 2.04 bits per heavy atom. The Morgan fingerprint density at radius 1 is 1.07 bits per heavy atom. The number of carbonyl (C=O) groups is 3. The molecule has 156 valence electrons. The van der Waals surface area contributed by atoms with Gasteiger partial charge in [0.2, 0.25) is 0 Å². The van der Waals surface area contributed by atoms with E-state index in [-0.39, 0.29) is 18.9 Å². The van der Waals surface area contributed by atoms with Crippen LogP contribution in [0.3, 0.4) is 0 Å². The van der Waals surface area contributed by atoms with E-state index < -0.39 is 41.2 Å². The average Bonchev–Trinajstić information content (AvgIpc) is 3.23.